The maximum Gasteiger partial charge on any atom is 0.309 e. The Morgan fingerprint density at radius 1 is 0.552 bits per heavy atom. The highest BCUT2D eigenvalue weighted by Crippen LogP contribution is 2.35. The van der Waals surface area contributed by atoms with Gasteiger partial charge >= 0.3 is 11.9 Å². The molecule has 0 saturated carbocycles. The van der Waals surface area contributed by atoms with E-state index in [2.05, 4.69) is 130 Å². The summed E-state index contributed by atoms with van der Waals surface area (Å²) in [6, 6.07) is 22.2. The SMILES string of the molecule is CCCCOC(=O)C(CC)Cc1ccc(C(C)C)cc2c(C)ccc1-2.CCCCOC(=O)C(CC)Cc1ccc(C(C)C)cc2c(C)ccc1-2.O=c1c(O)c(O)c1=O. The number of unbranched alkanes of at least 4 members (excludes halogenated alkanes) is 2. The van der Waals surface area contributed by atoms with Gasteiger partial charge in [0.15, 0.2) is 0 Å². The molecule has 0 amide bonds. The van der Waals surface area contributed by atoms with E-state index >= 15 is 0 Å². The molecule has 314 valence electrons. The van der Waals surface area contributed by atoms with Crippen molar-refractivity contribution in [3.8, 4) is 33.8 Å². The Hall–Kier alpha value is -4.98. The molecular formula is C50H66O8. The van der Waals surface area contributed by atoms with Crippen LogP contribution in [-0.2, 0) is 31.9 Å². The van der Waals surface area contributed by atoms with Crippen molar-refractivity contribution in [1.82, 2.24) is 0 Å². The van der Waals surface area contributed by atoms with Gasteiger partial charge in [0.1, 0.15) is 0 Å². The Kier molecular flexibility index (Phi) is 18.7. The lowest BCUT2D eigenvalue weighted by molar-refractivity contribution is -0.149. The predicted octanol–water partition coefficient (Wildman–Crippen LogP) is 11.0. The molecule has 0 fully saturated rings. The Morgan fingerprint density at radius 2 is 0.914 bits per heavy atom. The van der Waals surface area contributed by atoms with E-state index in [-0.39, 0.29) is 23.8 Å². The van der Waals surface area contributed by atoms with E-state index in [9.17, 15) is 19.2 Å². The molecule has 0 heterocycles. The summed E-state index contributed by atoms with van der Waals surface area (Å²) in [6.45, 7) is 22.6. The summed E-state index contributed by atoms with van der Waals surface area (Å²) in [6.07, 6.45) is 7.07. The van der Waals surface area contributed by atoms with E-state index in [1.807, 2.05) is 0 Å². The molecule has 0 saturated heterocycles. The second kappa shape index (κ2) is 22.8. The van der Waals surface area contributed by atoms with Crippen molar-refractivity contribution in [3.05, 3.63) is 114 Å². The summed E-state index contributed by atoms with van der Waals surface area (Å²) in [5.41, 5.74) is 10.9. The zero-order valence-electron chi connectivity index (χ0n) is 36.5. The quantitative estimate of drug-likeness (QED) is 0.0574. The third-order valence-corrected chi connectivity index (χ3v) is 11.0. The third-order valence-electron chi connectivity index (χ3n) is 11.0. The van der Waals surface area contributed by atoms with Crippen molar-refractivity contribution in [1.29, 1.82) is 0 Å². The van der Waals surface area contributed by atoms with Crippen molar-refractivity contribution >= 4 is 11.9 Å². The fourth-order valence-corrected chi connectivity index (χ4v) is 6.78. The molecule has 2 atom stereocenters. The molecule has 2 N–H and O–H groups in total. The van der Waals surface area contributed by atoms with Gasteiger partial charge < -0.3 is 19.7 Å². The average molecular weight is 795 g/mol. The molecule has 1 aromatic rings. The van der Waals surface area contributed by atoms with Crippen molar-refractivity contribution in [2.75, 3.05) is 13.2 Å². The molecule has 4 aliphatic carbocycles. The molecule has 0 aromatic heterocycles. The highest BCUT2D eigenvalue weighted by atomic mass is 16.5. The van der Waals surface area contributed by atoms with E-state index < -0.39 is 22.4 Å². The number of fused-ring (bicyclic) bond motifs is 2. The fourth-order valence-electron chi connectivity index (χ4n) is 6.78. The van der Waals surface area contributed by atoms with Crippen molar-refractivity contribution < 1.29 is 29.3 Å². The molecular weight excluding hydrogens is 729 g/mol. The molecule has 0 spiro atoms. The minimum absolute atomic E-state index is 0.0528. The lowest BCUT2D eigenvalue weighted by Gasteiger charge is -2.15. The summed E-state index contributed by atoms with van der Waals surface area (Å²) in [5, 5.41) is 16.4. The van der Waals surface area contributed by atoms with E-state index in [4.69, 9.17) is 19.7 Å². The predicted molar refractivity (Wildman–Crippen MR) is 235 cm³/mol. The summed E-state index contributed by atoms with van der Waals surface area (Å²) in [7, 11) is 0. The molecule has 4 aliphatic rings. The van der Waals surface area contributed by atoms with Gasteiger partial charge in [0, 0.05) is 0 Å². The number of carbonyl (C=O) groups excluding carboxylic acids is 2. The number of hydrogen-bond acceptors (Lipinski definition) is 8. The van der Waals surface area contributed by atoms with Crippen LogP contribution in [-0.4, -0.2) is 35.4 Å². The van der Waals surface area contributed by atoms with Crippen LogP contribution in [0.2, 0.25) is 0 Å². The maximum atomic E-state index is 12.4. The van der Waals surface area contributed by atoms with Crippen molar-refractivity contribution in [2.24, 2.45) is 11.8 Å². The average Bonchev–Trinajstić information content (AvgIpc) is 3.61. The maximum absolute atomic E-state index is 12.4. The summed E-state index contributed by atoms with van der Waals surface area (Å²) >= 11 is 0. The van der Waals surface area contributed by atoms with Crippen molar-refractivity contribution in [3.63, 3.8) is 0 Å². The first kappa shape index (κ1) is 47.4. The van der Waals surface area contributed by atoms with E-state index in [1.54, 1.807) is 0 Å². The number of hydrogen-bond donors (Lipinski definition) is 2. The number of carbonyl (C=O) groups is 2. The zero-order chi connectivity index (χ0) is 43.1. The number of rotatable bonds is 16. The molecule has 0 radical (unpaired) electrons. The van der Waals surface area contributed by atoms with Crippen LogP contribution >= 0.6 is 0 Å². The first-order valence-electron chi connectivity index (χ1n) is 21.2. The van der Waals surface area contributed by atoms with Gasteiger partial charge in [-0.15, -0.1) is 0 Å². The van der Waals surface area contributed by atoms with Crippen LogP contribution in [0.1, 0.15) is 139 Å². The van der Waals surface area contributed by atoms with E-state index in [0.717, 1.165) is 51.4 Å². The Labute approximate surface area is 346 Å². The topological polar surface area (TPSA) is 127 Å². The van der Waals surface area contributed by atoms with Crippen LogP contribution in [0.5, 0.6) is 11.5 Å². The molecule has 0 bridgehead atoms. The molecule has 58 heavy (non-hydrogen) atoms. The normalized spacial score (nSPS) is 12.2. The van der Waals surface area contributed by atoms with Crippen LogP contribution in [0.15, 0.2) is 70.3 Å². The standard InChI is InChI=1S/2C23H32O2.C4H2O4/c2*1-6-8-13-25-23(24)18(7-2)14-20-11-10-19(16(3)4)15-22-17(5)9-12-21(20)22;5-1-2(6)4(8)3(1)7/h2*9-12,15-16,18H,6-8,13-14H2,1-5H3;5-6H. The van der Waals surface area contributed by atoms with Crippen LogP contribution in [0.25, 0.3) is 22.3 Å². The molecule has 5 rings (SSSR count). The van der Waals surface area contributed by atoms with Crippen LogP contribution in [0.3, 0.4) is 0 Å². The number of aryl methyl sites for hydroxylation is 2. The Balaban J connectivity index is 0.000000260. The van der Waals surface area contributed by atoms with Gasteiger partial charge in [-0.05, 0) is 120 Å². The molecule has 0 aliphatic heterocycles. The molecule has 2 unspecified atom stereocenters. The first-order chi connectivity index (χ1) is 27.6. The van der Waals surface area contributed by atoms with Gasteiger partial charge in [0.05, 0.1) is 25.0 Å². The minimum Gasteiger partial charge on any atom is -0.501 e. The highest BCUT2D eigenvalue weighted by molar-refractivity contribution is 5.78. The minimum atomic E-state index is -1.01. The van der Waals surface area contributed by atoms with Crippen LogP contribution < -0.4 is 10.9 Å². The van der Waals surface area contributed by atoms with Gasteiger partial charge in [0.2, 0.25) is 11.5 Å². The Morgan fingerprint density at radius 3 is 1.21 bits per heavy atom. The number of esters is 2. The largest absolute Gasteiger partial charge is 0.501 e. The lowest BCUT2D eigenvalue weighted by Crippen LogP contribution is -2.28. The molecule has 8 nitrogen and oxygen atoms in total. The molecule has 1 aromatic carbocycles. The first-order valence-corrected chi connectivity index (χ1v) is 21.2. The third kappa shape index (κ3) is 12.5. The van der Waals surface area contributed by atoms with E-state index in [1.165, 1.54) is 55.6 Å². The second-order valence-corrected chi connectivity index (χ2v) is 16.0. The Bertz CT molecular complexity index is 1930. The van der Waals surface area contributed by atoms with Gasteiger partial charge in [0.25, 0.3) is 10.9 Å². The highest BCUT2D eigenvalue weighted by Gasteiger charge is 2.23. The zero-order valence-corrected chi connectivity index (χ0v) is 36.5. The van der Waals surface area contributed by atoms with Crippen LogP contribution in [0, 0.1) is 25.7 Å². The lowest BCUT2D eigenvalue weighted by atomic mass is 9.93. The van der Waals surface area contributed by atoms with Gasteiger partial charge in [-0.1, -0.05) is 129 Å². The second-order valence-electron chi connectivity index (χ2n) is 16.0. The fraction of sp³-hybridized carbons (Fsp3) is 0.480. The van der Waals surface area contributed by atoms with E-state index in [0.29, 0.717) is 25.0 Å². The number of aromatic hydroxyl groups is 2. The van der Waals surface area contributed by atoms with Crippen molar-refractivity contribution in [2.45, 2.75) is 132 Å². The summed E-state index contributed by atoms with van der Waals surface area (Å²) in [4.78, 5) is 44.8. The van der Waals surface area contributed by atoms with Gasteiger partial charge in [-0.25, -0.2) is 0 Å². The summed E-state index contributed by atoms with van der Waals surface area (Å²) in [5.74, 6) is -0.922. The monoisotopic (exact) mass is 794 g/mol. The summed E-state index contributed by atoms with van der Waals surface area (Å²) < 4.78 is 10.9. The van der Waals surface area contributed by atoms with Crippen LogP contribution in [0.4, 0.5) is 0 Å². The van der Waals surface area contributed by atoms with Gasteiger partial charge in [-0.3, -0.25) is 19.2 Å². The molecule has 8 heteroatoms. The van der Waals surface area contributed by atoms with Gasteiger partial charge in [-0.2, -0.15) is 0 Å². The smallest absolute Gasteiger partial charge is 0.309 e. The number of ether oxygens (including phenoxy) is 2.